The second kappa shape index (κ2) is 10.1. The van der Waals surface area contributed by atoms with Gasteiger partial charge < -0.3 is 14.4 Å². The van der Waals surface area contributed by atoms with E-state index in [0.29, 0.717) is 28.9 Å². The number of nitrogens with zero attached hydrogens (tertiary/aromatic N) is 3. The second-order valence-corrected chi connectivity index (χ2v) is 7.66. The molecule has 1 saturated heterocycles. The quantitative estimate of drug-likeness (QED) is 0.638. The summed E-state index contributed by atoms with van der Waals surface area (Å²) in [6, 6.07) is 6.83. The minimum absolute atomic E-state index is 0.0117. The molecule has 1 aromatic carbocycles. The van der Waals surface area contributed by atoms with Crippen LogP contribution in [0.15, 0.2) is 24.3 Å². The minimum Gasteiger partial charge on any atom is -0.497 e. The Morgan fingerprint density at radius 3 is 2.87 bits per heavy atom. The van der Waals surface area contributed by atoms with Crippen LogP contribution in [0.3, 0.4) is 0 Å². The Balaban J connectivity index is 1.60. The minimum atomic E-state index is -0.580. The maximum atomic E-state index is 12.7. The Kier molecular flexibility index (Phi) is 7.34. The number of likely N-dealkylation sites (tertiary alicyclic amines) is 1. The third kappa shape index (κ3) is 5.32. The molecule has 3 rings (SSSR count). The number of amides is 2. The lowest BCUT2D eigenvalue weighted by Gasteiger charge is -2.23. The Hall–Kier alpha value is -3.01. The molecule has 1 unspecified atom stereocenters. The van der Waals surface area contributed by atoms with E-state index in [1.165, 1.54) is 16.2 Å². The van der Waals surface area contributed by atoms with Gasteiger partial charge in [0, 0.05) is 18.5 Å². The number of carbonyl (C=O) groups is 3. The number of hydrogen-bond donors (Lipinski definition) is 1. The van der Waals surface area contributed by atoms with Crippen LogP contribution < -0.4 is 10.1 Å². The Morgan fingerprint density at radius 1 is 1.27 bits per heavy atom. The maximum absolute atomic E-state index is 12.7. The molecule has 0 bridgehead atoms. The van der Waals surface area contributed by atoms with Crippen LogP contribution in [0.5, 0.6) is 5.75 Å². The maximum Gasteiger partial charge on any atom is 0.306 e. The molecule has 160 valence electrons. The van der Waals surface area contributed by atoms with Crippen molar-refractivity contribution in [2.75, 3.05) is 25.6 Å². The van der Waals surface area contributed by atoms with Gasteiger partial charge in [0.05, 0.1) is 20.1 Å². The molecule has 2 aromatic rings. The zero-order valence-corrected chi connectivity index (χ0v) is 17.7. The summed E-state index contributed by atoms with van der Waals surface area (Å²) in [7, 11) is 1.59. The van der Waals surface area contributed by atoms with Crippen molar-refractivity contribution in [2.45, 2.75) is 38.6 Å². The van der Waals surface area contributed by atoms with Crippen molar-refractivity contribution < 1.29 is 23.9 Å². The van der Waals surface area contributed by atoms with E-state index in [1.54, 1.807) is 14.0 Å². The Morgan fingerprint density at radius 2 is 2.10 bits per heavy atom. The normalized spacial score (nSPS) is 15.7. The predicted octanol–water partition coefficient (Wildman–Crippen LogP) is 2.49. The van der Waals surface area contributed by atoms with E-state index in [-0.39, 0.29) is 31.3 Å². The zero-order valence-electron chi connectivity index (χ0n) is 16.9. The molecule has 0 saturated carbocycles. The number of nitrogens with one attached hydrogen (secondary N) is 1. The first kappa shape index (κ1) is 21.7. The number of hydrogen-bond acceptors (Lipinski definition) is 8. The van der Waals surface area contributed by atoms with Crippen molar-refractivity contribution in [3.05, 3.63) is 24.3 Å². The fraction of sp³-hybridized carbons (Fsp3) is 0.450. The van der Waals surface area contributed by atoms with Crippen LogP contribution in [0.25, 0.3) is 10.6 Å². The van der Waals surface area contributed by atoms with Crippen molar-refractivity contribution in [1.29, 1.82) is 0 Å². The highest BCUT2D eigenvalue weighted by Gasteiger charge is 2.34. The number of ether oxygens (including phenoxy) is 2. The van der Waals surface area contributed by atoms with Crippen molar-refractivity contribution in [3.63, 3.8) is 0 Å². The van der Waals surface area contributed by atoms with Gasteiger partial charge in [0.25, 0.3) is 0 Å². The Labute approximate surface area is 178 Å². The van der Waals surface area contributed by atoms with Gasteiger partial charge in [-0.25, -0.2) is 0 Å². The fourth-order valence-corrected chi connectivity index (χ4v) is 4.00. The van der Waals surface area contributed by atoms with Crippen molar-refractivity contribution in [3.8, 4) is 16.3 Å². The summed E-state index contributed by atoms with van der Waals surface area (Å²) in [5.74, 6) is -0.235. The summed E-state index contributed by atoms with van der Waals surface area (Å²) in [4.78, 5) is 38.2. The second-order valence-electron chi connectivity index (χ2n) is 6.68. The molecule has 1 aromatic heterocycles. The van der Waals surface area contributed by atoms with Crippen LogP contribution >= 0.6 is 11.3 Å². The highest BCUT2D eigenvalue weighted by atomic mass is 32.1. The topological polar surface area (TPSA) is 111 Å². The van der Waals surface area contributed by atoms with Gasteiger partial charge in [-0.1, -0.05) is 23.5 Å². The molecule has 30 heavy (non-hydrogen) atoms. The van der Waals surface area contributed by atoms with E-state index >= 15 is 0 Å². The van der Waals surface area contributed by atoms with Crippen LogP contribution in [-0.2, 0) is 19.1 Å². The number of carbonyl (C=O) groups excluding carboxylic acids is 3. The molecular weight excluding hydrogens is 408 g/mol. The van der Waals surface area contributed by atoms with Gasteiger partial charge in [-0.05, 0) is 31.9 Å². The molecule has 0 radical (unpaired) electrons. The van der Waals surface area contributed by atoms with Gasteiger partial charge in [0.1, 0.15) is 16.8 Å². The zero-order chi connectivity index (χ0) is 21.5. The smallest absolute Gasteiger partial charge is 0.306 e. The number of esters is 1. The van der Waals surface area contributed by atoms with E-state index < -0.39 is 12.0 Å². The third-order valence-electron chi connectivity index (χ3n) is 4.70. The van der Waals surface area contributed by atoms with Crippen molar-refractivity contribution in [1.82, 2.24) is 15.1 Å². The summed E-state index contributed by atoms with van der Waals surface area (Å²) in [6.07, 6.45) is 1.34. The van der Waals surface area contributed by atoms with Crippen LogP contribution in [0.4, 0.5) is 5.13 Å². The van der Waals surface area contributed by atoms with Crippen LogP contribution in [0, 0.1) is 0 Å². The molecule has 0 aliphatic carbocycles. The number of aromatic nitrogens is 2. The van der Waals surface area contributed by atoms with E-state index in [9.17, 15) is 14.4 Å². The third-order valence-corrected chi connectivity index (χ3v) is 5.58. The van der Waals surface area contributed by atoms with Crippen LogP contribution in [0.1, 0.15) is 32.6 Å². The van der Waals surface area contributed by atoms with Gasteiger partial charge >= 0.3 is 5.97 Å². The van der Waals surface area contributed by atoms with E-state index in [1.807, 2.05) is 24.3 Å². The first-order valence-corrected chi connectivity index (χ1v) is 10.6. The molecule has 0 spiro atoms. The largest absolute Gasteiger partial charge is 0.497 e. The molecule has 9 nitrogen and oxygen atoms in total. The van der Waals surface area contributed by atoms with Gasteiger partial charge in [0.15, 0.2) is 0 Å². The summed E-state index contributed by atoms with van der Waals surface area (Å²) < 4.78 is 10.1. The molecule has 1 N–H and O–H groups in total. The van der Waals surface area contributed by atoms with Crippen molar-refractivity contribution >= 4 is 34.3 Å². The van der Waals surface area contributed by atoms with Gasteiger partial charge in [-0.15, -0.1) is 10.2 Å². The Bertz CT molecular complexity index is 916. The molecule has 1 fully saturated rings. The predicted molar refractivity (Wildman–Crippen MR) is 111 cm³/mol. The monoisotopic (exact) mass is 432 g/mol. The van der Waals surface area contributed by atoms with Crippen molar-refractivity contribution in [2.24, 2.45) is 0 Å². The lowest BCUT2D eigenvalue weighted by molar-refractivity contribution is -0.146. The van der Waals surface area contributed by atoms with Gasteiger partial charge in [-0.3, -0.25) is 19.7 Å². The highest BCUT2D eigenvalue weighted by molar-refractivity contribution is 7.18. The number of rotatable bonds is 8. The van der Waals surface area contributed by atoms with E-state index in [2.05, 4.69) is 15.5 Å². The molecule has 2 heterocycles. The number of anilines is 1. The first-order chi connectivity index (χ1) is 14.5. The number of methoxy groups -OCH3 is 1. The first-order valence-electron chi connectivity index (χ1n) is 9.75. The van der Waals surface area contributed by atoms with Gasteiger partial charge in [-0.2, -0.15) is 0 Å². The average Bonchev–Trinajstić information content (AvgIpc) is 3.42. The molecule has 10 heteroatoms. The molecule has 1 aliphatic rings. The van der Waals surface area contributed by atoms with Crippen LogP contribution in [-0.4, -0.2) is 59.2 Å². The number of benzene rings is 1. The molecule has 1 atom stereocenters. The van der Waals surface area contributed by atoms with E-state index in [4.69, 9.17) is 9.47 Å². The average molecular weight is 433 g/mol. The molecular formula is C20H24N4O5S. The standard InChI is InChI=1S/C20H24N4O5S/c1-3-29-17(26)10-9-16(25)24-11-5-8-15(24)18(27)21-20-23-22-19(30-20)13-6-4-7-14(12-13)28-2/h4,6-7,12,15H,3,5,8-11H2,1-2H3,(H,21,23,27). The summed E-state index contributed by atoms with van der Waals surface area (Å²) in [5.41, 5.74) is 0.837. The molecule has 2 amide bonds. The SMILES string of the molecule is CCOC(=O)CCC(=O)N1CCCC1C(=O)Nc1nnc(-c2cccc(OC)c2)s1. The summed E-state index contributed by atoms with van der Waals surface area (Å²) in [5, 5.41) is 11.9. The van der Waals surface area contributed by atoms with Gasteiger partial charge in [0.2, 0.25) is 16.9 Å². The summed E-state index contributed by atoms with van der Waals surface area (Å²) in [6.45, 7) is 2.49. The van der Waals surface area contributed by atoms with Crippen LogP contribution in [0.2, 0.25) is 0 Å². The van der Waals surface area contributed by atoms with E-state index in [0.717, 1.165) is 12.0 Å². The lowest BCUT2D eigenvalue weighted by atomic mass is 10.2. The lowest BCUT2D eigenvalue weighted by Crippen LogP contribution is -2.43. The molecule has 1 aliphatic heterocycles. The highest BCUT2D eigenvalue weighted by Crippen LogP contribution is 2.29. The summed E-state index contributed by atoms with van der Waals surface area (Å²) >= 11 is 1.25. The fourth-order valence-electron chi connectivity index (χ4n) is 3.26.